The van der Waals surface area contributed by atoms with Crippen LogP contribution >= 0.6 is 0 Å². The Labute approximate surface area is 209 Å². The molecule has 0 aromatic heterocycles. The number of rotatable bonds is 3. The van der Waals surface area contributed by atoms with Gasteiger partial charge in [-0.1, -0.05) is 17.9 Å². The Kier molecular flexibility index (Phi) is 6.47. The molecule has 3 heterocycles. The number of carbonyl (C=O) groups excluding carboxylic acids is 4. The van der Waals surface area contributed by atoms with Gasteiger partial charge >= 0.3 is 0 Å². The third kappa shape index (κ3) is 4.57. The fraction of sp³-hybridized carbons (Fsp3) is 0.357. The average molecular weight is 486 g/mol. The van der Waals surface area contributed by atoms with Crippen LogP contribution in [0.4, 0.5) is 0 Å². The molecule has 0 bridgehead atoms. The normalized spacial score (nSPS) is 19.9. The summed E-state index contributed by atoms with van der Waals surface area (Å²) in [6.07, 6.45) is 2.12. The second-order valence-electron chi connectivity index (χ2n) is 9.30. The zero-order valence-electron chi connectivity index (χ0n) is 20.1. The van der Waals surface area contributed by atoms with Crippen molar-refractivity contribution in [3.63, 3.8) is 0 Å². The van der Waals surface area contributed by atoms with Crippen LogP contribution < -0.4 is 10.1 Å². The molecule has 2 aromatic carbocycles. The van der Waals surface area contributed by atoms with E-state index in [2.05, 4.69) is 17.2 Å². The topological polar surface area (TPSA) is 96.0 Å². The Hall–Kier alpha value is -4.12. The second-order valence-corrected chi connectivity index (χ2v) is 9.30. The summed E-state index contributed by atoms with van der Waals surface area (Å²) in [5, 5.41) is 2.33. The predicted molar refractivity (Wildman–Crippen MR) is 131 cm³/mol. The first-order chi connectivity index (χ1) is 17.4. The molecule has 3 aliphatic heterocycles. The van der Waals surface area contributed by atoms with Gasteiger partial charge in [0.2, 0.25) is 11.8 Å². The van der Waals surface area contributed by atoms with Crippen LogP contribution in [-0.2, 0) is 16.1 Å². The monoisotopic (exact) mass is 485 g/mol. The number of ether oxygens (including phenoxy) is 1. The summed E-state index contributed by atoms with van der Waals surface area (Å²) < 4.78 is 5.16. The fourth-order valence-electron chi connectivity index (χ4n) is 5.03. The fourth-order valence-corrected chi connectivity index (χ4v) is 5.03. The largest absolute Gasteiger partial charge is 0.497 e. The quantitative estimate of drug-likeness (QED) is 0.532. The predicted octanol–water partition coefficient (Wildman–Crippen LogP) is 2.36. The van der Waals surface area contributed by atoms with Crippen LogP contribution in [0.2, 0.25) is 0 Å². The molecular formula is C28H27N3O5. The number of methoxy groups -OCH3 is 1. The van der Waals surface area contributed by atoms with Gasteiger partial charge < -0.3 is 14.5 Å². The molecule has 2 saturated heterocycles. The van der Waals surface area contributed by atoms with Crippen LogP contribution in [0.15, 0.2) is 42.5 Å². The number of carbonyl (C=O) groups is 4. The number of hydrogen-bond acceptors (Lipinski definition) is 5. The summed E-state index contributed by atoms with van der Waals surface area (Å²) in [7, 11) is 1.60. The number of fused-ring (bicyclic) bond motifs is 1. The summed E-state index contributed by atoms with van der Waals surface area (Å²) in [5.41, 5.74) is 2.82. The molecule has 5 rings (SSSR count). The Morgan fingerprint density at radius 3 is 2.47 bits per heavy atom. The van der Waals surface area contributed by atoms with Gasteiger partial charge in [-0.3, -0.25) is 24.5 Å². The van der Waals surface area contributed by atoms with E-state index in [0.29, 0.717) is 37.2 Å². The maximum absolute atomic E-state index is 13.0. The minimum absolute atomic E-state index is 0.0111. The van der Waals surface area contributed by atoms with Gasteiger partial charge in [-0.05, 0) is 61.2 Å². The molecule has 2 fully saturated rings. The molecule has 0 spiro atoms. The first-order valence-electron chi connectivity index (χ1n) is 12.2. The molecule has 0 aliphatic carbocycles. The summed E-state index contributed by atoms with van der Waals surface area (Å²) in [6.45, 7) is 1.58. The van der Waals surface area contributed by atoms with Gasteiger partial charge in [0, 0.05) is 48.7 Å². The maximum Gasteiger partial charge on any atom is 0.255 e. The van der Waals surface area contributed by atoms with Crippen molar-refractivity contribution >= 4 is 23.6 Å². The Morgan fingerprint density at radius 2 is 1.78 bits per heavy atom. The molecule has 0 radical (unpaired) electrons. The number of amides is 4. The molecule has 8 nitrogen and oxygen atoms in total. The van der Waals surface area contributed by atoms with E-state index in [9.17, 15) is 19.2 Å². The molecule has 36 heavy (non-hydrogen) atoms. The van der Waals surface area contributed by atoms with Gasteiger partial charge in [-0.2, -0.15) is 0 Å². The number of nitrogens with one attached hydrogen (secondary N) is 1. The van der Waals surface area contributed by atoms with E-state index >= 15 is 0 Å². The van der Waals surface area contributed by atoms with Crippen LogP contribution in [-0.4, -0.2) is 59.7 Å². The summed E-state index contributed by atoms with van der Waals surface area (Å²) in [5.74, 6) is 6.57. The first-order valence-corrected chi connectivity index (χ1v) is 12.2. The summed E-state index contributed by atoms with van der Waals surface area (Å²) >= 11 is 0. The third-order valence-corrected chi connectivity index (χ3v) is 7.11. The molecule has 184 valence electrons. The van der Waals surface area contributed by atoms with Crippen LogP contribution in [0, 0.1) is 17.8 Å². The van der Waals surface area contributed by atoms with Gasteiger partial charge in [0.25, 0.3) is 11.8 Å². The lowest BCUT2D eigenvalue weighted by molar-refractivity contribution is -0.136. The molecule has 2 aromatic rings. The van der Waals surface area contributed by atoms with Crippen molar-refractivity contribution in [3.05, 3.63) is 64.7 Å². The lowest BCUT2D eigenvalue weighted by Crippen LogP contribution is -2.52. The smallest absolute Gasteiger partial charge is 0.255 e. The van der Waals surface area contributed by atoms with E-state index in [1.54, 1.807) is 42.3 Å². The van der Waals surface area contributed by atoms with Gasteiger partial charge in [0.15, 0.2) is 0 Å². The Morgan fingerprint density at radius 1 is 1.03 bits per heavy atom. The van der Waals surface area contributed by atoms with Crippen molar-refractivity contribution in [2.45, 2.75) is 38.3 Å². The third-order valence-electron chi connectivity index (χ3n) is 7.11. The van der Waals surface area contributed by atoms with Gasteiger partial charge in [-0.15, -0.1) is 0 Å². The highest BCUT2D eigenvalue weighted by molar-refractivity contribution is 6.05. The van der Waals surface area contributed by atoms with E-state index in [4.69, 9.17) is 4.74 Å². The zero-order chi connectivity index (χ0) is 25.2. The average Bonchev–Trinajstić information content (AvgIpc) is 3.24. The number of nitrogens with zero attached hydrogens (tertiary/aromatic N) is 2. The van der Waals surface area contributed by atoms with E-state index in [1.165, 1.54) is 0 Å². The van der Waals surface area contributed by atoms with Crippen molar-refractivity contribution < 1.29 is 23.9 Å². The van der Waals surface area contributed by atoms with Crippen LogP contribution in [0.5, 0.6) is 5.75 Å². The van der Waals surface area contributed by atoms with E-state index in [0.717, 1.165) is 29.7 Å². The SMILES string of the molecule is COc1ccc(C(=O)N2CCC(C#Cc3cccc4c3CN(C3CCC(=O)NC3=O)C4=O)CC2)cc1. The van der Waals surface area contributed by atoms with Crippen LogP contribution in [0.1, 0.15) is 57.5 Å². The molecule has 1 unspecified atom stereocenters. The van der Waals surface area contributed by atoms with Gasteiger partial charge in [0.1, 0.15) is 11.8 Å². The number of piperidine rings is 2. The Balaban J connectivity index is 1.23. The highest BCUT2D eigenvalue weighted by Crippen LogP contribution is 2.30. The number of benzene rings is 2. The first kappa shape index (κ1) is 23.6. The molecular weight excluding hydrogens is 458 g/mol. The van der Waals surface area contributed by atoms with Crippen LogP contribution in [0.25, 0.3) is 0 Å². The van der Waals surface area contributed by atoms with Gasteiger partial charge in [-0.25, -0.2) is 0 Å². The van der Waals surface area contributed by atoms with Crippen molar-refractivity contribution in [3.8, 4) is 17.6 Å². The van der Waals surface area contributed by atoms with Crippen molar-refractivity contribution in [1.29, 1.82) is 0 Å². The van der Waals surface area contributed by atoms with Crippen molar-refractivity contribution in [1.82, 2.24) is 15.1 Å². The second kappa shape index (κ2) is 9.86. The highest BCUT2D eigenvalue weighted by atomic mass is 16.5. The minimum atomic E-state index is -0.643. The lowest BCUT2D eigenvalue weighted by Gasteiger charge is -2.30. The highest BCUT2D eigenvalue weighted by Gasteiger charge is 2.39. The van der Waals surface area contributed by atoms with Crippen LogP contribution in [0.3, 0.4) is 0 Å². The number of hydrogen-bond donors (Lipinski definition) is 1. The minimum Gasteiger partial charge on any atom is -0.497 e. The van der Waals surface area contributed by atoms with Gasteiger partial charge in [0.05, 0.1) is 7.11 Å². The standard InChI is InChI=1S/C28H27N3O5/c1-36-21-9-7-20(8-10-21)27(34)30-15-13-18(14-16-30)5-6-19-3-2-4-22-23(19)17-31(28(22)35)24-11-12-25(32)29-26(24)33/h2-4,7-10,18,24H,11-17H2,1H3,(H,29,32,33). The number of imide groups is 1. The zero-order valence-corrected chi connectivity index (χ0v) is 20.1. The Bertz CT molecular complexity index is 1280. The maximum atomic E-state index is 13.0. The summed E-state index contributed by atoms with van der Waals surface area (Å²) in [6, 6.07) is 12.0. The molecule has 8 heteroatoms. The molecule has 3 aliphatic rings. The van der Waals surface area contributed by atoms with E-state index in [1.807, 2.05) is 17.0 Å². The molecule has 1 N–H and O–H groups in total. The molecule has 4 amide bonds. The molecule has 1 atom stereocenters. The lowest BCUT2D eigenvalue weighted by atomic mass is 9.95. The van der Waals surface area contributed by atoms with E-state index in [-0.39, 0.29) is 30.1 Å². The number of likely N-dealkylation sites (tertiary alicyclic amines) is 1. The van der Waals surface area contributed by atoms with E-state index < -0.39 is 11.9 Å². The summed E-state index contributed by atoms with van der Waals surface area (Å²) in [4.78, 5) is 53.0. The van der Waals surface area contributed by atoms with Crippen molar-refractivity contribution in [2.75, 3.05) is 20.2 Å². The molecule has 0 saturated carbocycles. The van der Waals surface area contributed by atoms with Crippen molar-refractivity contribution in [2.24, 2.45) is 5.92 Å².